The fraction of sp³-hybridized carbons (Fsp3) is 0.500. The quantitative estimate of drug-likeness (QED) is 0.123. The maximum Gasteiger partial charge on any atom is 0.414 e. The highest BCUT2D eigenvalue weighted by molar-refractivity contribution is 7.85. The summed E-state index contributed by atoms with van der Waals surface area (Å²) < 4.78 is 40.6. The fourth-order valence-corrected chi connectivity index (χ4v) is 9.01. The molecule has 0 fully saturated rings. The SMILES string of the molecule is CCCCC[N+]1=C(C=CC2=C(N(C)C(=O)OC(C)(C)C)C(=CC=C3N(CCCCS(=O)(=O)O)c4ccc(Cl)cc4C3(C)C)CC2)C(C)(C)c2cc(Cl)ccc21. The average molecular weight is 812 g/mol. The molecule has 11 heteroatoms. The molecule has 0 saturated heterocycles. The number of hydrogen-bond acceptors (Lipinski definition) is 5. The summed E-state index contributed by atoms with van der Waals surface area (Å²) in [6.07, 6.45) is 14.0. The number of rotatable bonds is 13. The van der Waals surface area contributed by atoms with Crippen LogP contribution in [0.4, 0.5) is 16.2 Å². The normalized spacial score (nSPS) is 19.3. The van der Waals surface area contributed by atoms with Crippen LogP contribution in [0.2, 0.25) is 10.0 Å². The lowest BCUT2D eigenvalue weighted by Gasteiger charge is -2.28. The highest BCUT2D eigenvalue weighted by atomic mass is 35.5. The first kappa shape index (κ1) is 42.8. The number of ether oxygens (including phenoxy) is 1. The number of amides is 1. The Bertz CT molecular complexity index is 2090. The van der Waals surface area contributed by atoms with Crippen LogP contribution in [0.25, 0.3) is 0 Å². The predicted molar refractivity (Wildman–Crippen MR) is 227 cm³/mol. The minimum Gasteiger partial charge on any atom is -0.443 e. The van der Waals surface area contributed by atoms with Gasteiger partial charge in [0.05, 0.1) is 16.9 Å². The Morgan fingerprint density at radius 2 is 1.62 bits per heavy atom. The smallest absolute Gasteiger partial charge is 0.414 e. The number of anilines is 1. The number of halogens is 2. The van der Waals surface area contributed by atoms with Gasteiger partial charge in [-0.25, -0.2) is 4.79 Å². The van der Waals surface area contributed by atoms with E-state index in [0.29, 0.717) is 24.4 Å². The number of allylic oxidation sites excluding steroid dienone is 7. The van der Waals surface area contributed by atoms with Gasteiger partial charge in [-0.15, -0.1) is 0 Å². The maximum atomic E-state index is 13.7. The number of unbranched alkanes of at least 4 members (excludes halogenated alkanes) is 3. The molecule has 2 aliphatic heterocycles. The van der Waals surface area contributed by atoms with Gasteiger partial charge in [0.15, 0.2) is 5.71 Å². The van der Waals surface area contributed by atoms with Gasteiger partial charge in [0.1, 0.15) is 12.1 Å². The lowest BCUT2D eigenvalue weighted by atomic mass is 9.81. The van der Waals surface area contributed by atoms with Crippen molar-refractivity contribution in [3.05, 3.63) is 104 Å². The Hall–Kier alpha value is -3.37. The molecule has 0 saturated carbocycles. The number of hydrogen-bond donors (Lipinski definition) is 1. The first-order valence-corrected chi connectivity index (χ1v) is 21.8. The van der Waals surface area contributed by atoms with Gasteiger partial charge in [-0.3, -0.25) is 9.45 Å². The summed E-state index contributed by atoms with van der Waals surface area (Å²) in [5.74, 6) is -0.283. The van der Waals surface area contributed by atoms with Crippen LogP contribution in [-0.4, -0.2) is 65.7 Å². The third kappa shape index (κ3) is 9.61. The van der Waals surface area contributed by atoms with Crippen LogP contribution in [0.15, 0.2) is 83.2 Å². The summed E-state index contributed by atoms with van der Waals surface area (Å²) in [6.45, 7) is 18.1. The Morgan fingerprint density at radius 1 is 0.945 bits per heavy atom. The molecule has 2 aromatic rings. The Balaban J connectivity index is 1.59. The molecule has 8 nitrogen and oxygen atoms in total. The Kier molecular flexibility index (Phi) is 12.9. The summed E-state index contributed by atoms with van der Waals surface area (Å²) in [5, 5.41) is 1.37. The first-order valence-electron chi connectivity index (χ1n) is 19.4. The monoisotopic (exact) mass is 810 g/mol. The van der Waals surface area contributed by atoms with Gasteiger partial charge in [-0.2, -0.15) is 13.0 Å². The second-order valence-corrected chi connectivity index (χ2v) is 19.4. The number of fused-ring (bicyclic) bond motifs is 2. The average Bonchev–Trinajstić information content (AvgIpc) is 3.64. The van der Waals surface area contributed by atoms with E-state index < -0.39 is 27.2 Å². The molecular formula is C44H58Cl2N3O5S+. The van der Waals surface area contributed by atoms with E-state index in [2.05, 4.69) is 80.5 Å². The molecule has 298 valence electrons. The molecular weight excluding hydrogens is 753 g/mol. The van der Waals surface area contributed by atoms with Crippen molar-refractivity contribution in [1.29, 1.82) is 0 Å². The van der Waals surface area contributed by atoms with Crippen LogP contribution in [0.1, 0.15) is 111 Å². The topological polar surface area (TPSA) is 90.2 Å². The van der Waals surface area contributed by atoms with Gasteiger partial charge in [0.2, 0.25) is 5.69 Å². The van der Waals surface area contributed by atoms with E-state index in [1.807, 2.05) is 45.0 Å². The number of carbonyl (C=O) groups excluding carboxylic acids is 1. The molecule has 0 atom stereocenters. The summed E-state index contributed by atoms with van der Waals surface area (Å²) in [6, 6.07) is 12.1. The summed E-state index contributed by atoms with van der Waals surface area (Å²) in [7, 11) is -2.26. The molecule has 2 aromatic carbocycles. The highest BCUT2D eigenvalue weighted by Crippen LogP contribution is 2.49. The van der Waals surface area contributed by atoms with Crippen molar-refractivity contribution in [2.75, 3.05) is 30.8 Å². The molecule has 1 aliphatic carbocycles. The van der Waals surface area contributed by atoms with Crippen molar-refractivity contribution in [3.8, 4) is 0 Å². The minimum absolute atomic E-state index is 0.279. The number of nitrogens with zero attached hydrogens (tertiary/aromatic N) is 3. The van der Waals surface area contributed by atoms with Crippen molar-refractivity contribution in [2.24, 2.45) is 0 Å². The summed E-state index contributed by atoms with van der Waals surface area (Å²) in [5.41, 5.74) is 8.26. The molecule has 3 aliphatic rings. The van der Waals surface area contributed by atoms with Gasteiger partial charge in [-0.1, -0.05) is 62.5 Å². The van der Waals surface area contributed by atoms with Gasteiger partial charge in [-0.05, 0) is 120 Å². The van der Waals surface area contributed by atoms with Gasteiger partial charge < -0.3 is 9.64 Å². The van der Waals surface area contributed by atoms with Crippen LogP contribution in [0.5, 0.6) is 0 Å². The van der Waals surface area contributed by atoms with Gasteiger partial charge >= 0.3 is 6.09 Å². The van der Waals surface area contributed by atoms with Crippen LogP contribution in [0, 0.1) is 0 Å². The van der Waals surface area contributed by atoms with E-state index in [0.717, 1.165) is 77.5 Å². The maximum absolute atomic E-state index is 13.7. The van der Waals surface area contributed by atoms with E-state index in [4.69, 9.17) is 27.9 Å². The molecule has 5 rings (SSSR count). The minimum atomic E-state index is -4.05. The van der Waals surface area contributed by atoms with Crippen molar-refractivity contribution in [3.63, 3.8) is 0 Å². The second-order valence-electron chi connectivity index (χ2n) is 17.0. The molecule has 1 N–H and O–H groups in total. The van der Waals surface area contributed by atoms with Crippen LogP contribution in [-0.2, 0) is 25.7 Å². The standard InChI is InChI=1S/C44H57Cl2N3O5S/c1-10-11-12-25-48-36-21-19-32(45)28-34(36)43(5,6)38(48)23-17-30-15-16-31(40(30)47(9)41(50)54-42(2,3)4)18-24-39-44(7,8)35-29-33(46)20-22-37(35)49(39)26-13-14-27-55(51,52)53/h17-24,28-29H,10-16,25-27H2,1-9H3/p+1. The first-order chi connectivity index (χ1) is 25.7. The molecule has 0 aromatic heterocycles. The number of likely N-dealkylation sites (N-methyl/N-ethyl adjacent to an activating group) is 1. The summed E-state index contributed by atoms with van der Waals surface area (Å²) >= 11 is 13.0. The number of benzene rings is 2. The van der Waals surface area contributed by atoms with E-state index >= 15 is 0 Å². The zero-order valence-electron chi connectivity index (χ0n) is 33.9. The largest absolute Gasteiger partial charge is 0.443 e. The predicted octanol–water partition coefficient (Wildman–Crippen LogP) is 11.3. The third-order valence-electron chi connectivity index (χ3n) is 10.9. The molecule has 0 unspecified atom stereocenters. The van der Waals surface area contributed by atoms with Crippen molar-refractivity contribution < 1.29 is 27.1 Å². The van der Waals surface area contributed by atoms with Gasteiger partial charge in [0, 0.05) is 64.6 Å². The highest BCUT2D eigenvalue weighted by Gasteiger charge is 2.45. The van der Waals surface area contributed by atoms with Crippen LogP contribution >= 0.6 is 23.2 Å². The van der Waals surface area contributed by atoms with Gasteiger partial charge in [0.25, 0.3) is 10.1 Å². The van der Waals surface area contributed by atoms with Crippen LogP contribution < -0.4 is 4.90 Å². The van der Waals surface area contributed by atoms with E-state index in [1.165, 1.54) is 17.0 Å². The van der Waals surface area contributed by atoms with Crippen LogP contribution in [0.3, 0.4) is 0 Å². The molecule has 1 amide bonds. The second kappa shape index (κ2) is 16.6. The van der Waals surface area contributed by atoms with E-state index in [9.17, 15) is 17.8 Å². The zero-order valence-corrected chi connectivity index (χ0v) is 36.3. The molecule has 2 heterocycles. The van der Waals surface area contributed by atoms with Crippen molar-refractivity contribution in [2.45, 2.75) is 117 Å². The van der Waals surface area contributed by atoms with E-state index in [1.54, 1.807) is 11.9 Å². The fourth-order valence-electron chi connectivity index (χ4n) is 8.10. The lowest BCUT2D eigenvalue weighted by molar-refractivity contribution is -0.438. The molecule has 0 bridgehead atoms. The lowest BCUT2D eigenvalue weighted by Crippen LogP contribution is -2.34. The third-order valence-corrected chi connectivity index (χ3v) is 12.2. The molecule has 55 heavy (non-hydrogen) atoms. The molecule has 0 radical (unpaired) electrons. The Labute approximate surface area is 339 Å². The van der Waals surface area contributed by atoms with Crippen molar-refractivity contribution >= 4 is 56.5 Å². The van der Waals surface area contributed by atoms with E-state index in [-0.39, 0.29) is 11.2 Å². The summed E-state index contributed by atoms with van der Waals surface area (Å²) in [4.78, 5) is 17.6. The Morgan fingerprint density at radius 3 is 2.27 bits per heavy atom. The number of carbonyl (C=O) groups is 1. The van der Waals surface area contributed by atoms with Crippen molar-refractivity contribution in [1.82, 2.24) is 4.90 Å². The zero-order chi connectivity index (χ0) is 40.5. The molecule has 0 spiro atoms.